The van der Waals surface area contributed by atoms with E-state index in [2.05, 4.69) is 25.9 Å². The summed E-state index contributed by atoms with van der Waals surface area (Å²) in [4.78, 5) is 4.33. The predicted molar refractivity (Wildman–Crippen MR) is 175 cm³/mol. The van der Waals surface area contributed by atoms with Gasteiger partial charge in [0.25, 0.3) is 0 Å². The van der Waals surface area contributed by atoms with Crippen molar-refractivity contribution < 1.29 is 8.42 Å². The molecule has 0 bridgehead atoms. The maximum absolute atomic E-state index is 13.8. The van der Waals surface area contributed by atoms with Gasteiger partial charge in [-0.15, -0.1) is 0 Å². The van der Waals surface area contributed by atoms with Gasteiger partial charge in [-0.1, -0.05) is 126 Å². The third-order valence-corrected chi connectivity index (χ3v) is 10.4. The van der Waals surface area contributed by atoms with Crippen LogP contribution >= 0.6 is 0 Å². The zero-order chi connectivity index (χ0) is 29.2. The first kappa shape index (κ1) is 34.4. The molecule has 0 aliphatic carbocycles. The maximum atomic E-state index is 13.8. The fourth-order valence-corrected chi connectivity index (χ4v) is 7.65. The Morgan fingerprint density at radius 2 is 1.07 bits per heavy atom. The molecule has 0 aliphatic heterocycles. The first-order valence-electron chi connectivity index (χ1n) is 16.0. The van der Waals surface area contributed by atoms with E-state index in [0.717, 1.165) is 29.7 Å². The van der Waals surface area contributed by atoms with E-state index in [9.17, 15) is 8.42 Å². The Morgan fingerprint density at radius 1 is 0.600 bits per heavy atom. The Balaban J connectivity index is 1.81. The van der Waals surface area contributed by atoms with E-state index in [1.165, 1.54) is 77.0 Å². The topological polar surface area (TPSA) is 40.6 Å². The minimum absolute atomic E-state index is 0.213. The van der Waals surface area contributed by atoms with Gasteiger partial charge in [-0.3, -0.25) is 0 Å². The molecule has 0 amide bonds. The van der Waals surface area contributed by atoms with Crippen molar-refractivity contribution in [2.24, 2.45) is 0 Å². The second-order valence-corrected chi connectivity index (χ2v) is 14.3. The van der Waals surface area contributed by atoms with E-state index >= 15 is 0 Å². The van der Waals surface area contributed by atoms with Crippen molar-refractivity contribution in [2.75, 3.05) is 38.8 Å². The first-order chi connectivity index (χ1) is 19.3. The van der Waals surface area contributed by atoms with Crippen molar-refractivity contribution in [1.29, 1.82) is 0 Å². The normalized spacial score (nSPS) is 13.4. The molecule has 2 aromatic rings. The number of unbranched alkanes of at least 4 members (excludes halogenated alkanes) is 11. The molecular weight excluding hydrogens is 512 g/mol. The summed E-state index contributed by atoms with van der Waals surface area (Å²) < 4.78 is 27.5. The highest BCUT2D eigenvalue weighted by molar-refractivity contribution is 7.91. The summed E-state index contributed by atoms with van der Waals surface area (Å²) in [5.74, 6) is 0.213. The minimum Gasteiger partial charge on any atom is -0.378 e. The van der Waals surface area contributed by atoms with Gasteiger partial charge in [0.15, 0.2) is 9.84 Å². The van der Waals surface area contributed by atoms with E-state index in [4.69, 9.17) is 0 Å². The lowest BCUT2D eigenvalue weighted by Gasteiger charge is -2.25. The van der Waals surface area contributed by atoms with Crippen LogP contribution in [0.5, 0.6) is 0 Å². The van der Waals surface area contributed by atoms with Gasteiger partial charge in [0.05, 0.1) is 5.75 Å². The second-order valence-electron chi connectivity index (χ2n) is 12.1. The van der Waals surface area contributed by atoms with Crippen molar-refractivity contribution in [1.82, 2.24) is 4.90 Å². The highest BCUT2D eigenvalue weighted by atomic mass is 32.2. The lowest BCUT2D eigenvalue weighted by Crippen LogP contribution is -2.29. The summed E-state index contributed by atoms with van der Waals surface area (Å²) in [5.41, 5.74) is 2.76. The first-order valence-corrected chi connectivity index (χ1v) is 17.7. The van der Waals surface area contributed by atoms with Gasteiger partial charge in [0, 0.05) is 25.8 Å². The van der Waals surface area contributed by atoms with Gasteiger partial charge >= 0.3 is 0 Å². The third-order valence-electron chi connectivity index (χ3n) is 8.26. The summed E-state index contributed by atoms with van der Waals surface area (Å²) >= 11 is 0. The molecule has 0 fully saturated rings. The van der Waals surface area contributed by atoms with Crippen LogP contribution in [0.1, 0.15) is 120 Å². The molecule has 0 radical (unpaired) electrons. The summed E-state index contributed by atoms with van der Waals surface area (Å²) in [6, 6.07) is 18.1. The number of anilines is 1. The van der Waals surface area contributed by atoms with Crippen LogP contribution in [-0.4, -0.2) is 53.3 Å². The molecule has 2 rings (SSSR count). The average molecular weight is 571 g/mol. The lowest BCUT2D eigenvalue weighted by atomic mass is 10.0. The zero-order valence-electron chi connectivity index (χ0n) is 26.3. The fourth-order valence-electron chi connectivity index (χ4n) is 5.70. The van der Waals surface area contributed by atoms with Crippen molar-refractivity contribution >= 4 is 15.5 Å². The molecule has 0 saturated heterocycles. The van der Waals surface area contributed by atoms with Crippen LogP contribution in [0.2, 0.25) is 0 Å². The number of benzene rings is 2. The Bertz CT molecular complexity index is 1000. The van der Waals surface area contributed by atoms with Crippen LogP contribution in [0.25, 0.3) is 0 Å². The number of hydrogen-bond acceptors (Lipinski definition) is 4. The van der Waals surface area contributed by atoms with E-state index < -0.39 is 15.1 Å². The standard InChI is InChI=1S/C35H58N2O2S/c1-6-7-8-9-10-11-12-13-14-15-16-20-24-33(36(2)3)25-21-30-40(38,39)35(31-22-18-17-19-23-31)32-26-28-34(29-27-32)37(4)5/h17-19,22-23,26-29,33,35H,6-16,20-21,24-25,30H2,1-5H3. The Labute approximate surface area is 247 Å². The largest absolute Gasteiger partial charge is 0.378 e. The monoisotopic (exact) mass is 570 g/mol. The predicted octanol–water partition coefficient (Wildman–Crippen LogP) is 9.06. The highest BCUT2D eigenvalue weighted by Gasteiger charge is 2.29. The minimum atomic E-state index is -3.36. The molecule has 0 spiro atoms. The molecule has 5 heteroatoms. The average Bonchev–Trinajstić information content (AvgIpc) is 2.93. The van der Waals surface area contributed by atoms with E-state index in [-0.39, 0.29) is 5.75 Å². The van der Waals surface area contributed by atoms with E-state index in [1.54, 1.807) is 0 Å². The van der Waals surface area contributed by atoms with E-state index in [0.29, 0.717) is 12.5 Å². The maximum Gasteiger partial charge on any atom is 0.161 e. The fraction of sp³-hybridized carbons (Fsp3) is 0.657. The SMILES string of the molecule is CCCCCCCCCCCCCCC(CCCS(=O)(=O)C(c1ccccc1)c1ccc(N(C)C)cc1)N(C)C. The van der Waals surface area contributed by atoms with Crippen molar-refractivity contribution in [3.63, 3.8) is 0 Å². The molecule has 0 N–H and O–H groups in total. The summed E-state index contributed by atoms with van der Waals surface area (Å²) in [6.45, 7) is 2.28. The van der Waals surface area contributed by atoms with Crippen molar-refractivity contribution in [3.8, 4) is 0 Å². The third kappa shape index (κ3) is 12.8. The van der Waals surface area contributed by atoms with Crippen LogP contribution in [0.3, 0.4) is 0 Å². The Morgan fingerprint density at radius 3 is 1.57 bits per heavy atom. The van der Waals surface area contributed by atoms with Crippen LogP contribution < -0.4 is 4.90 Å². The molecule has 2 unspecified atom stereocenters. The van der Waals surface area contributed by atoms with Crippen LogP contribution in [-0.2, 0) is 9.84 Å². The number of hydrogen-bond donors (Lipinski definition) is 0. The van der Waals surface area contributed by atoms with Gasteiger partial charge in [-0.25, -0.2) is 8.42 Å². The summed E-state index contributed by atoms with van der Waals surface area (Å²) in [5, 5.41) is -0.626. The van der Waals surface area contributed by atoms with Gasteiger partial charge in [0.1, 0.15) is 5.25 Å². The van der Waals surface area contributed by atoms with Crippen LogP contribution in [0, 0.1) is 0 Å². The number of nitrogens with zero attached hydrogens (tertiary/aromatic N) is 2. The highest BCUT2D eigenvalue weighted by Crippen LogP contribution is 2.33. The Hall–Kier alpha value is -1.85. The van der Waals surface area contributed by atoms with Crippen LogP contribution in [0.4, 0.5) is 5.69 Å². The summed E-state index contributed by atoms with van der Waals surface area (Å²) in [7, 11) is 4.91. The molecule has 0 saturated carbocycles. The molecular formula is C35H58N2O2S. The van der Waals surface area contributed by atoms with Crippen molar-refractivity contribution in [2.45, 2.75) is 115 Å². The van der Waals surface area contributed by atoms with Gasteiger partial charge in [-0.05, 0) is 56.6 Å². The van der Waals surface area contributed by atoms with Gasteiger partial charge in [0.2, 0.25) is 0 Å². The van der Waals surface area contributed by atoms with Gasteiger partial charge < -0.3 is 9.80 Å². The molecule has 0 aliphatic rings. The molecule has 2 aromatic carbocycles. The molecule has 40 heavy (non-hydrogen) atoms. The zero-order valence-corrected chi connectivity index (χ0v) is 27.1. The molecule has 0 heterocycles. The van der Waals surface area contributed by atoms with Gasteiger partial charge in [-0.2, -0.15) is 0 Å². The second kappa shape index (κ2) is 19.3. The lowest BCUT2D eigenvalue weighted by molar-refractivity contribution is 0.256. The number of rotatable bonds is 22. The number of sulfone groups is 1. The summed E-state index contributed by atoms with van der Waals surface area (Å²) in [6.07, 6.45) is 19.1. The molecule has 226 valence electrons. The Kier molecular flexibility index (Phi) is 16.6. The quantitative estimate of drug-likeness (QED) is 0.132. The van der Waals surface area contributed by atoms with Crippen molar-refractivity contribution in [3.05, 3.63) is 65.7 Å². The molecule has 0 aromatic heterocycles. The van der Waals surface area contributed by atoms with Crippen LogP contribution in [0.15, 0.2) is 54.6 Å². The smallest absolute Gasteiger partial charge is 0.161 e. The molecule has 4 nitrogen and oxygen atoms in total. The molecule has 2 atom stereocenters. The van der Waals surface area contributed by atoms with E-state index in [1.807, 2.05) is 73.6 Å².